The van der Waals surface area contributed by atoms with E-state index in [1.54, 1.807) is 24.2 Å². The lowest BCUT2D eigenvalue weighted by atomic mass is 9.93. The molecule has 0 unspecified atom stereocenters. The van der Waals surface area contributed by atoms with E-state index in [1.807, 2.05) is 17.5 Å². The van der Waals surface area contributed by atoms with Crippen molar-refractivity contribution >= 4 is 27.3 Å². The van der Waals surface area contributed by atoms with Gasteiger partial charge in [0, 0.05) is 90.2 Å². The van der Waals surface area contributed by atoms with Crippen LogP contribution in [0, 0.1) is 11.6 Å². The summed E-state index contributed by atoms with van der Waals surface area (Å²) in [6.07, 6.45) is 4.84. The molecule has 4 aromatic heterocycles. The molecule has 0 saturated heterocycles. The number of methoxy groups -OCH3 is 1. The van der Waals surface area contributed by atoms with Gasteiger partial charge in [-0.05, 0) is 47.8 Å². The van der Waals surface area contributed by atoms with E-state index in [-0.39, 0.29) is 49.2 Å². The molecule has 2 aliphatic rings. The Morgan fingerprint density at radius 1 is 1.04 bits per heavy atom. The molecular weight excluding hydrogens is 658 g/mol. The van der Waals surface area contributed by atoms with E-state index in [1.165, 1.54) is 35.6 Å². The van der Waals surface area contributed by atoms with E-state index >= 15 is 4.39 Å². The van der Waals surface area contributed by atoms with Crippen LogP contribution in [0.3, 0.4) is 0 Å². The zero-order valence-corrected chi connectivity index (χ0v) is 27.6. The molecule has 0 fully saturated rings. The van der Waals surface area contributed by atoms with Crippen molar-refractivity contribution in [3.8, 4) is 39.4 Å². The summed E-state index contributed by atoms with van der Waals surface area (Å²) < 4.78 is 72.2. The lowest BCUT2D eigenvalue weighted by molar-refractivity contribution is -0.126. The van der Waals surface area contributed by atoms with Crippen LogP contribution in [0.5, 0.6) is 5.75 Å². The largest absolute Gasteiger partial charge is 0.490 e. The van der Waals surface area contributed by atoms with Crippen LogP contribution in [-0.2, 0) is 35.0 Å². The second-order valence-electron chi connectivity index (χ2n) is 12.1. The average molecular weight is 690 g/mol. The number of carbonyl (C=O) groups excluding carboxylic acids is 1. The van der Waals surface area contributed by atoms with Crippen LogP contribution in [-0.4, -0.2) is 71.1 Å². The molecule has 252 valence electrons. The van der Waals surface area contributed by atoms with Gasteiger partial charge in [0.15, 0.2) is 0 Å². The summed E-state index contributed by atoms with van der Waals surface area (Å²) in [7, 11) is 3.12. The third-order valence-electron chi connectivity index (χ3n) is 8.72. The minimum absolute atomic E-state index is 0.00465. The monoisotopic (exact) mass is 689 g/mol. The van der Waals surface area contributed by atoms with Crippen molar-refractivity contribution in [1.29, 1.82) is 0 Å². The SMILES string of the molecule is C=CC(=O)N1CCc2ncc(-c3nc(-c4cnc5c(c4)CN(C)CC5(F)F)c4ccsc4c3-c3c(F)cc(F)cc3OCCOC)cc2C1. The molecule has 1 aromatic carbocycles. The molecule has 0 bridgehead atoms. The molecule has 0 N–H and O–H groups in total. The molecule has 1 amide bonds. The Bertz CT molecular complexity index is 2120. The number of benzene rings is 1. The number of ether oxygens (including phenoxy) is 2. The zero-order valence-electron chi connectivity index (χ0n) is 26.7. The molecule has 49 heavy (non-hydrogen) atoms. The molecule has 8 nitrogen and oxygen atoms in total. The van der Waals surface area contributed by atoms with E-state index in [2.05, 4.69) is 11.6 Å². The number of thiophene rings is 1. The Labute approximate surface area is 283 Å². The van der Waals surface area contributed by atoms with Crippen LogP contribution < -0.4 is 4.74 Å². The van der Waals surface area contributed by atoms with Gasteiger partial charge in [-0.1, -0.05) is 6.58 Å². The molecule has 13 heteroatoms. The molecule has 0 atom stereocenters. The number of amides is 1. The third-order valence-corrected chi connectivity index (χ3v) is 9.65. The molecule has 0 saturated carbocycles. The number of fused-ring (bicyclic) bond motifs is 3. The molecule has 0 aliphatic carbocycles. The number of carbonyl (C=O) groups is 1. The number of pyridine rings is 3. The third kappa shape index (κ3) is 6.06. The Kier molecular flexibility index (Phi) is 8.67. The molecule has 2 aliphatic heterocycles. The molecule has 0 spiro atoms. The average Bonchev–Trinajstić information content (AvgIpc) is 3.56. The Morgan fingerprint density at radius 3 is 2.61 bits per heavy atom. The maximum Gasteiger partial charge on any atom is 0.302 e. The van der Waals surface area contributed by atoms with Gasteiger partial charge >= 0.3 is 5.92 Å². The molecule has 0 radical (unpaired) electrons. The number of alkyl halides is 2. The lowest BCUT2D eigenvalue weighted by Crippen LogP contribution is -2.38. The van der Waals surface area contributed by atoms with Crippen molar-refractivity contribution in [1.82, 2.24) is 24.8 Å². The van der Waals surface area contributed by atoms with E-state index in [4.69, 9.17) is 19.4 Å². The standard InChI is InChI=1S/C36H31F4N5O3S/c1-4-29(46)45-7-5-27-22(18-45)11-21(15-41-27)33-31(30-26(38)13-24(37)14-28(30)48-9-8-47-3)34-25(6-10-49-34)32(43-33)20-12-23-17-44(2)19-36(39,40)35(23)42-16-20/h4,6,10-16H,1,5,7-9,17-19H2,2-3H3. The van der Waals surface area contributed by atoms with E-state index in [0.29, 0.717) is 56.7 Å². The van der Waals surface area contributed by atoms with E-state index in [0.717, 1.165) is 23.4 Å². The van der Waals surface area contributed by atoms with Gasteiger partial charge in [0.05, 0.1) is 30.1 Å². The van der Waals surface area contributed by atoms with Gasteiger partial charge in [0.25, 0.3) is 0 Å². The number of hydrogen-bond donors (Lipinski definition) is 0. The van der Waals surface area contributed by atoms with Gasteiger partial charge in [0.1, 0.15) is 29.7 Å². The second kappa shape index (κ2) is 13.0. The first-order chi connectivity index (χ1) is 23.6. The first-order valence-electron chi connectivity index (χ1n) is 15.6. The highest BCUT2D eigenvalue weighted by Crippen LogP contribution is 2.48. The van der Waals surface area contributed by atoms with Gasteiger partial charge < -0.3 is 14.4 Å². The Morgan fingerprint density at radius 2 is 1.82 bits per heavy atom. The summed E-state index contributed by atoms with van der Waals surface area (Å²) in [5, 5.41) is 2.45. The summed E-state index contributed by atoms with van der Waals surface area (Å²) in [6.45, 7) is 4.45. The summed E-state index contributed by atoms with van der Waals surface area (Å²) in [6, 6.07) is 7.29. The highest BCUT2D eigenvalue weighted by atomic mass is 32.1. The number of halogens is 4. The second-order valence-corrected chi connectivity index (χ2v) is 13.0. The van der Waals surface area contributed by atoms with Gasteiger partial charge in [0.2, 0.25) is 5.91 Å². The van der Waals surface area contributed by atoms with Gasteiger partial charge in [-0.2, -0.15) is 8.78 Å². The first-order valence-corrected chi connectivity index (χ1v) is 16.4. The van der Waals surface area contributed by atoms with Crippen LogP contribution in [0.15, 0.2) is 60.8 Å². The summed E-state index contributed by atoms with van der Waals surface area (Å²) in [4.78, 5) is 29.7. The maximum absolute atomic E-state index is 16.1. The Hall–Kier alpha value is -4.72. The fraction of sp³-hybridized carbons (Fsp3) is 0.278. The zero-order chi connectivity index (χ0) is 34.4. The summed E-state index contributed by atoms with van der Waals surface area (Å²) in [5.74, 6) is -5.02. The van der Waals surface area contributed by atoms with E-state index < -0.39 is 24.1 Å². The molecule has 7 rings (SSSR count). The lowest BCUT2D eigenvalue weighted by Gasteiger charge is -2.31. The van der Waals surface area contributed by atoms with Crippen LogP contribution in [0.4, 0.5) is 17.6 Å². The quantitative estimate of drug-likeness (QED) is 0.0987. The first kappa shape index (κ1) is 32.8. The van der Waals surface area contributed by atoms with Gasteiger partial charge in [-0.25, -0.2) is 13.8 Å². The van der Waals surface area contributed by atoms with E-state index in [9.17, 15) is 18.0 Å². The van der Waals surface area contributed by atoms with Crippen LogP contribution in [0.25, 0.3) is 43.7 Å². The smallest absolute Gasteiger partial charge is 0.302 e. The van der Waals surface area contributed by atoms with Crippen LogP contribution in [0.1, 0.15) is 22.5 Å². The van der Waals surface area contributed by atoms with Gasteiger partial charge in [-0.3, -0.25) is 19.7 Å². The number of nitrogens with zero attached hydrogens (tertiary/aromatic N) is 5. The van der Waals surface area contributed by atoms with Crippen molar-refractivity contribution in [2.24, 2.45) is 0 Å². The topological polar surface area (TPSA) is 80.7 Å². The minimum Gasteiger partial charge on any atom is -0.490 e. The Balaban J connectivity index is 1.48. The van der Waals surface area contributed by atoms with Crippen molar-refractivity contribution < 1.29 is 31.8 Å². The molecule has 5 aromatic rings. The maximum atomic E-state index is 16.1. The van der Waals surface area contributed by atoms with Crippen LogP contribution >= 0.6 is 11.3 Å². The fourth-order valence-electron chi connectivity index (χ4n) is 6.55. The van der Waals surface area contributed by atoms with Crippen molar-refractivity contribution in [3.05, 3.63) is 94.9 Å². The van der Waals surface area contributed by atoms with Crippen LogP contribution in [0.2, 0.25) is 0 Å². The minimum atomic E-state index is -3.12. The number of rotatable bonds is 8. The predicted octanol–water partition coefficient (Wildman–Crippen LogP) is 7.00. The van der Waals surface area contributed by atoms with Crippen molar-refractivity contribution in [2.75, 3.05) is 40.5 Å². The summed E-state index contributed by atoms with van der Waals surface area (Å²) >= 11 is 1.33. The molecular formula is C36H31F4N5O3S. The summed E-state index contributed by atoms with van der Waals surface area (Å²) in [5.41, 5.74) is 3.87. The number of likely N-dealkylation sites (N-methyl/N-ethyl adjacent to an activating group) is 1. The normalized spacial score (nSPS) is 15.6. The predicted molar refractivity (Wildman–Crippen MR) is 178 cm³/mol. The van der Waals surface area contributed by atoms with Crippen molar-refractivity contribution in [2.45, 2.75) is 25.4 Å². The highest BCUT2D eigenvalue weighted by molar-refractivity contribution is 7.18. The van der Waals surface area contributed by atoms with Gasteiger partial charge in [-0.15, -0.1) is 11.3 Å². The number of aromatic nitrogens is 3. The van der Waals surface area contributed by atoms with Crippen molar-refractivity contribution in [3.63, 3.8) is 0 Å². The number of hydrogen-bond acceptors (Lipinski definition) is 8. The fourth-order valence-corrected chi connectivity index (χ4v) is 7.50. The highest BCUT2D eigenvalue weighted by Gasteiger charge is 2.41. The molecule has 6 heterocycles.